The third-order valence-corrected chi connectivity index (χ3v) is 7.53. The minimum absolute atomic E-state index is 0.702. The molecule has 1 heterocycles. The third kappa shape index (κ3) is 3.48. The normalized spacial score (nSPS) is 12.5. The van der Waals surface area contributed by atoms with Crippen molar-refractivity contribution in [3.63, 3.8) is 0 Å². The third-order valence-electron chi connectivity index (χ3n) is 1.67. The first kappa shape index (κ1) is 11.3. The molecular weight excluding hydrogens is 212 g/mol. The lowest BCUT2D eigenvalue weighted by atomic mass is 10.6. The maximum absolute atomic E-state index is 2.41. The monoisotopic (exact) mass is 230 g/mol. The molecule has 0 fully saturated rings. The van der Waals surface area contributed by atoms with E-state index in [4.69, 9.17) is 0 Å². The molecule has 0 aliphatic heterocycles. The van der Waals surface area contributed by atoms with Gasteiger partial charge in [0.15, 0.2) is 0 Å². The Morgan fingerprint density at radius 1 is 1.23 bits per heavy atom. The highest BCUT2D eigenvalue weighted by molar-refractivity contribution is 8.01. The summed E-state index contributed by atoms with van der Waals surface area (Å²) in [7, 11) is -1.06. The van der Waals surface area contributed by atoms with Gasteiger partial charge in [-0.2, -0.15) is 0 Å². The smallest absolute Gasteiger partial charge is 0.0904 e. The van der Waals surface area contributed by atoms with E-state index >= 15 is 0 Å². The van der Waals surface area contributed by atoms with Gasteiger partial charge in [0.1, 0.15) is 0 Å². The van der Waals surface area contributed by atoms with Gasteiger partial charge in [-0.25, -0.2) is 0 Å². The predicted molar refractivity (Wildman–Crippen MR) is 68.3 cm³/mol. The zero-order valence-electron chi connectivity index (χ0n) is 9.05. The standard InChI is InChI=1S/C10H18S2Si/c1-8(2)11-9-6-7-10(12-9)13(3,4)5/h6-8H,1-5H3. The molecule has 13 heavy (non-hydrogen) atoms. The van der Waals surface area contributed by atoms with Gasteiger partial charge < -0.3 is 0 Å². The largest absolute Gasteiger partial charge is 0.139 e. The van der Waals surface area contributed by atoms with E-state index in [1.807, 2.05) is 23.1 Å². The second kappa shape index (κ2) is 4.19. The van der Waals surface area contributed by atoms with E-state index in [0.717, 1.165) is 0 Å². The van der Waals surface area contributed by atoms with Crippen LogP contribution in [0.4, 0.5) is 0 Å². The quantitative estimate of drug-likeness (QED) is 0.562. The molecule has 0 atom stereocenters. The van der Waals surface area contributed by atoms with Crippen LogP contribution in [-0.4, -0.2) is 13.3 Å². The average molecular weight is 230 g/mol. The highest BCUT2D eigenvalue weighted by Gasteiger charge is 2.18. The Balaban J connectivity index is 2.75. The zero-order chi connectivity index (χ0) is 10.1. The summed E-state index contributed by atoms with van der Waals surface area (Å²) in [6.45, 7) is 11.7. The van der Waals surface area contributed by atoms with Crippen molar-refractivity contribution in [1.29, 1.82) is 0 Å². The molecule has 1 aromatic heterocycles. The lowest BCUT2D eigenvalue weighted by Gasteiger charge is -2.12. The summed E-state index contributed by atoms with van der Waals surface area (Å²) in [6, 6.07) is 4.60. The molecule has 0 aromatic carbocycles. The molecule has 3 heteroatoms. The molecule has 0 saturated heterocycles. The van der Waals surface area contributed by atoms with Crippen LogP contribution >= 0.6 is 23.1 Å². The van der Waals surface area contributed by atoms with E-state index in [2.05, 4.69) is 45.6 Å². The van der Waals surface area contributed by atoms with Gasteiger partial charge in [-0.1, -0.05) is 39.6 Å². The first-order chi connectivity index (χ1) is 5.89. The summed E-state index contributed by atoms with van der Waals surface area (Å²) in [5, 5.41) is 0.702. The van der Waals surface area contributed by atoms with Crippen LogP contribution in [0.2, 0.25) is 19.6 Å². The van der Waals surface area contributed by atoms with Crippen LogP contribution in [0.3, 0.4) is 0 Å². The molecule has 0 saturated carbocycles. The lowest BCUT2D eigenvalue weighted by molar-refractivity contribution is 1.11. The Morgan fingerprint density at radius 2 is 1.85 bits per heavy atom. The number of thiophene rings is 1. The van der Waals surface area contributed by atoms with Crippen LogP contribution in [0.25, 0.3) is 0 Å². The first-order valence-electron chi connectivity index (χ1n) is 4.66. The molecule has 0 aliphatic carbocycles. The van der Waals surface area contributed by atoms with Crippen molar-refractivity contribution in [3.05, 3.63) is 12.1 Å². The molecule has 0 spiro atoms. The van der Waals surface area contributed by atoms with Gasteiger partial charge in [0.05, 0.1) is 12.3 Å². The fraction of sp³-hybridized carbons (Fsp3) is 0.600. The summed E-state index contributed by atoms with van der Waals surface area (Å²) < 4.78 is 3.10. The van der Waals surface area contributed by atoms with E-state index in [0.29, 0.717) is 5.25 Å². The number of hydrogen-bond donors (Lipinski definition) is 0. The number of rotatable bonds is 3. The summed E-state index contributed by atoms with van der Waals surface area (Å²) in [5.74, 6) is 0. The predicted octanol–water partition coefficient (Wildman–Crippen LogP) is 3.79. The van der Waals surface area contributed by atoms with Crippen LogP contribution < -0.4 is 4.50 Å². The molecule has 0 aliphatic rings. The van der Waals surface area contributed by atoms with E-state index in [-0.39, 0.29) is 0 Å². The Bertz CT molecular complexity index is 271. The van der Waals surface area contributed by atoms with Crippen molar-refractivity contribution < 1.29 is 0 Å². The van der Waals surface area contributed by atoms with Crippen molar-refractivity contribution in [3.8, 4) is 0 Å². The molecule has 0 bridgehead atoms. The fourth-order valence-corrected chi connectivity index (χ4v) is 5.52. The van der Waals surface area contributed by atoms with E-state index in [9.17, 15) is 0 Å². The fourth-order valence-electron chi connectivity index (χ4n) is 1.02. The van der Waals surface area contributed by atoms with Gasteiger partial charge in [0.25, 0.3) is 0 Å². The molecule has 0 unspecified atom stereocenters. The van der Waals surface area contributed by atoms with Gasteiger partial charge in [0, 0.05) is 5.25 Å². The van der Waals surface area contributed by atoms with Crippen LogP contribution in [0, 0.1) is 0 Å². The van der Waals surface area contributed by atoms with Crippen molar-refractivity contribution in [1.82, 2.24) is 0 Å². The van der Waals surface area contributed by atoms with Gasteiger partial charge in [-0.3, -0.25) is 0 Å². The van der Waals surface area contributed by atoms with Crippen molar-refractivity contribution >= 4 is 35.7 Å². The number of thioether (sulfide) groups is 1. The second-order valence-corrected chi connectivity index (χ2v) is 12.9. The maximum Gasteiger partial charge on any atom is 0.0904 e. The van der Waals surface area contributed by atoms with Crippen LogP contribution in [0.5, 0.6) is 0 Å². The maximum atomic E-state index is 2.41. The highest BCUT2D eigenvalue weighted by atomic mass is 32.2. The van der Waals surface area contributed by atoms with E-state index in [1.54, 1.807) is 4.50 Å². The SMILES string of the molecule is CC(C)Sc1ccc([Si](C)(C)C)s1. The minimum Gasteiger partial charge on any atom is -0.139 e. The summed E-state index contributed by atoms with van der Waals surface area (Å²) in [4.78, 5) is 0. The topological polar surface area (TPSA) is 0 Å². The van der Waals surface area contributed by atoms with Gasteiger partial charge >= 0.3 is 0 Å². The molecule has 74 valence electrons. The van der Waals surface area contributed by atoms with Gasteiger partial charge in [0.2, 0.25) is 0 Å². The van der Waals surface area contributed by atoms with Crippen LogP contribution in [-0.2, 0) is 0 Å². The lowest BCUT2D eigenvalue weighted by Crippen LogP contribution is -2.34. The Kier molecular flexibility index (Phi) is 3.66. The second-order valence-electron chi connectivity index (χ2n) is 4.54. The average Bonchev–Trinajstić information content (AvgIpc) is 2.32. The van der Waals surface area contributed by atoms with Gasteiger partial charge in [-0.15, -0.1) is 23.1 Å². The van der Waals surface area contributed by atoms with E-state index < -0.39 is 8.07 Å². The molecule has 1 rings (SSSR count). The van der Waals surface area contributed by atoms with Crippen molar-refractivity contribution in [2.24, 2.45) is 0 Å². The molecule has 0 amide bonds. The molecular formula is C10H18S2Si. The zero-order valence-corrected chi connectivity index (χ0v) is 11.7. The van der Waals surface area contributed by atoms with Gasteiger partial charge in [-0.05, 0) is 10.6 Å². The molecule has 0 N–H and O–H groups in total. The summed E-state index contributed by atoms with van der Waals surface area (Å²) in [5.41, 5.74) is 0. The first-order valence-corrected chi connectivity index (χ1v) is 9.86. The summed E-state index contributed by atoms with van der Waals surface area (Å²) in [6.07, 6.45) is 0. The Hall–Kier alpha value is 0.267. The molecule has 0 radical (unpaired) electrons. The van der Waals surface area contributed by atoms with Crippen LogP contribution in [0.1, 0.15) is 13.8 Å². The number of hydrogen-bond acceptors (Lipinski definition) is 2. The van der Waals surface area contributed by atoms with E-state index in [1.165, 1.54) is 4.21 Å². The Morgan fingerprint density at radius 3 is 2.23 bits per heavy atom. The minimum atomic E-state index is -1.06. The molecule has 1 aromatic rings. The highest BCUT2D eigenvalue weighted by Crippen LogP contribution is 2.27. The Labute approximate surface area is 90.8 Å². The molecule has 0 nitrogen and oxygen atoms in total. The van der Waals surface area contributed by atoms with Crippen LogP contribution in [0.15, 0.2) is 16.3 Å². The van der Waals surface area contributed by atoms with Crippen molar-refractivity contribution in [2.45, 2.75) is 42.9 Å². The summed E-state index contributed by atoms with van der Waals surface area (Å²) >= 11 is 3.97. The van der Waals surface area contributed by atoms with Crippen molar-refractivity contribution in [2.75, 3.05) is 0 Å².